The van der Waals surface area contributed by atoms with Gasteiger partial charge in [0.15, 0.2) is 0 Å². The van der Waals surface area contributed by atoms with Crippen molar-refractivity contribution in [3.8, 4) is 0 Å². The van der Waals surface area contributed by atoms with E-state index in [0.29, 0.717) is 0 Å². The van der Waals surface area contributed by atoms with Gasteiger partial charge in [0.05, 0.1) is 11.5 Å². The zero-order chi connectivity index (χ0) is 17.9. The molecule has 1 unspecified atom stereocenters. The molecule has 1 aliphatic carbocycles. The number of benzene rings is 1. The number of amides is 1. The zero-order valence-corrected chi connectivity index (χ0v) is 14.2. The lowest BCUT2D eigenvalue weighted by atomic mass is 9.85. The van der Waals surface area contributed by atoms with Gasteiger partial charge < -0.3 is 20.9 Å². The number of carbonyl (C=O) groups excluding carboxylic acids is 2. The summed E-state index contributed by atoms with van der Waals surface area (Å²) in [7, 11) is 1.69. The monoisotopic (exact) mass is 332 g/mol. The smallest absolute Gasteiger partial charge is 0.313 e. The van der Waals surface area contributed by atoms with E-state index in [-0.39, 0.29) is 12.2 Å². The molecule has 1 aliphatic rings. The molecule has 0 spiro atoms. The maximum Gasteiger partial charge on any atom is 0.313 e. The number of nitrogens with two attached hydrogens (primary N) is 2. The summed E-state index contributed by atoms with van der Waals surface area (Å²) in [6, 6.07) is 4.90. The van der Waals surface area contributed by atoms with Crippen LogP contribution in [0.25, 0.3) is 6.08 Å². The highest BCUT2D eigenvalue weighted by Gasteiger charge is 2.26. The molecule has 0 fully saturated rings. The first kappa shape index (κ1) is 18.2. The van der Waals surface area contributed by atoms with Crippen LogP contribution in [0.3, 0.4) is 0 Å². The SMILES string of the molecule is COC1(C)C=Cc2cc([C@H](C)C(=O)OC[C@H](N)C(N)=O)ccc2C1. The lowest BCUT2D eigenvalue weighted by Crippen LogP contribution is -2.41. The molecule has 1 aromatic rings. The van der Waals surface area contributed by atoms with Gasteiger partial charge >= 0.3 is 5.97 Å². The Morgan fingerprint density at radius 1 is 1.38 bits per heavy atom. The number of methoxy groups -OCH3 is 1. The van der Waals surface area contributed by atoms with E-state index in [1.165, 1.54) is 5.56 Å². The molecular weight excluding hydrogens is 308 g/mol. The van der Waals surface area contributed by atoms with E-state index in [0.717, 1.165) is 17.5 Å². The third kappa shape index (κ3) is 4.01. The molecule has 6 nitrogen and oxygen atoms in total. The van der Waals surface area contributed by atoms with Crippen molar-refractivity contribution in [2.75, 3.05) is 13.7 Å². The van der Waals surface area contributed by atoms with Crippen LogP contribution in [-0.2, 0) is 25.5 Å². The average molecular weight is 332 g/mol. The summed E-state index contributed by atoms with van der Waals surface area (Å²) in [6.07, 6.45) is 4.81. The number of esters is 1. The Morgan fingerprint density at radius 2 is 2.08 bits per heavy atom. The number of primary amides is 1. The predicted molar refractivity (Wildman–Crippen MR) is 91.1 cm³/mol. The van der Waals surface area contributed by atoms with E-state index in [1.807, 2.05) is 37.3 Å². The van der Waals surface area contributed by atoms with Crippen LogP contribution in [-0.4, -0.2) is 37.2 Å². The Hall–Kier alpha value is -2.18. The molecule has 130 valence electrons. The molecule has 4 N–H and O–H groups in total. The van der Waals surface area contributed by atoms with E-state index in [1.54, 1.807) is 14.0 Å². The van der Waals surface area contributed by atoms with Gasteiger partial charge in [-0.1, -0.05) is 30.4 Å². The molecule has 0 aromatic heterocycles. The highest BCUT2D eigenvalue weighted by atomic mass is 16.5. The summed E-state index contributed by atoms with van der Waals surface area (Å²) in [5, 5.41) is 0. The van der Waals surface area contributed by atoms with Gasteiger partial charge in [-0.25, -0.2) is 0 Å². The summed E-state index contributed by atoms with van der Waals surface area (Å²) in [5.74, 6) is -1.59. The van der Waals surface area contributed by atoms with Crippen LogP contribution in [0.1, 0.15) is 36.5 Å². The number of hydrogen-bond acceptors (Lipinski definition) is 5. The summed E-state index contributed by atoms with van der Waals surface area (Å²) in [6.45, 7) is 3.57. The van der Waals surface area contributed by atoms with E-state index in [2.05, 4.69) is 0 Å². The van der Waals surface area contributed by atoms with Gasteiger partial charge in [-0.3, -0.25) is 9.59 Å². The maximum absolute atomic E-state index is 12.1. The second kappa shape index (κ2) is 7.15. The van der Waals surface area contributed by atoms with Crippen LogP contribution in [0.4, 0.5) is 0 Å². The second-order valence-electron chi connectivity index (χ2n) is 6.35. The number of hydrogen-bond donors (Lipinski definition) is 2. The second-order valence-corrected chi connectivity index (χ2v) is 6.35. The van der Waals surface area contributed by atoms with Crippen molar-refractivity contribution in [3.63, 3.8) is 0 Å². The fourth-order valence-corrected chi connectivity index (χ4v) is 2.56. The molecule has 0 bridgehead atoms. The molecule has 6 heteroatoms. The van der Waals surface area contributed by atoms with Gasteiger partial charge in [0.25, 0.3) is 0 Å². The lowest BCUT2D eigenvalue weighted by Gasteiger charge is -2.29. The van der Waals surface area contributed by atoms with Crippen LogP contribution >= 0.6 is 0 Å². The third-order valence-corrected chi connectivity index (χ3v) is 4.42. The topological polar surface area (TPSA) is 105 Å². The van der Waals surface area contributed by atoms with Crippen molar-refractivity contribution in [2.45, 2.75) is 37.8 Å². The number of rotatable bonds is 6. The summed E-state index contributed by atoms with van der Waals surface area (Å²) in [4.78, 5) is 23.0. The van der Waals surface area contributed by atoms with Crippen molar-refractivity contribution in [1.29, 1.82) is 0 Å². The summed E-state index contributed by atoms with van der Waals surface area (Å²) >= 11 is 0. The quantitative estimate of drug-likeness (QED) is 0.760. The zero-order valence-electron chi connectivity index (χ0n) is 14.2. The largest absolute Gasteiger partial charge is 0.463 e. The van der Waals surface area contributed by atoms with Crippen LogP contribution in [0.15, 0.2) is 24.3 Å². The predicted octanol–water partition coefficient (Wildman–Crippen LogP) is 1.12. The molecule has 0 saturated heterocycles. The molecule has 1 aromatic carbocycles. The summed E-state index contributed by atoms with van der Waals surface area (Å²) < 4.78 is 10.6. The van der Waals surface area contributed by atoms with Crippen molar-refractivity contribution < 1.29 is 19.1 Å². The van der Waals surface area contributed by atoms with Gasteiger partial charge in [0.2, 0.25) is 5.91 Å². The third-order valence-electron chi connectivity index (χ3n) is 4.42. The molecule has 24 heavy (non-hydrogen) atoms. The van der Waals surface area contributed by atoms with Crippen molar-refractivity contribution in [2.24, 2.45) is 11.5 Å². The van der Waals surface area contributed by atoms with Crippen LogP contribution in [0, 0.1) is 0 Å². The van der Waals surface area contributed by atoms with Gasteiger partial charge in [0.1, 0.15) is 12.6 Å². The lowest BCUT2D eigenvalue weighted by molar-refractivity contribution is -0.146. The van der Waals surface area contributed by atoms with Gasteiger partial charge in [-0.15, -0.1) is 0 Å². The van der Waals surface area contributed by atoms with Crippen molar-refractivity contribution in [1.82, 2.24) is 0 Å². The molecule has 3 atom stereocenters. The minimum absolute atomic E-state index is 0.213. The molecule has 1 amide bonds. The molecular formula is C18H24N2O4. The maximum atomic E-state index is 12.1. The number of fused-ring (bicyclic) bond motifs is 1. The van der Waals surface area contributed by atoms with E-state index in [4.69, 9.17) is 20.9 Å². The Kier molecular flexibility index (Phi) is 5.41. The first-order valence-electron chi connectivity index (χ1n) is 7.84. The fourth-order valence-electron chi connectivity index (χ4n) is 2.56. The Bertz CT molecular complexity index is 671. The van der Waals surface area contributed by atoms with E-state index in [9.17, 15) is 9.59 Å². The first-order chi connectivity index (χ1) is 11.3. The van der Waals surface area contributed by atoms with Gasteiger partial charge in [-0.05, 0) is 30.5 Å². The summed E-state index contributed by atoms with van der Waals surface area (Å²) in [5.41, 5.74) is 13.3. The standard InChI is InChI=1S/C18H24N2O4/c1-11(17(22)24-10-15(19)16(20)21)12-4-5-14-9-18(2,23-3)7-6-13(14)8-12/h4-8,11,15H,9-10,19H2,1-3H3,(H2,20,21)/t11-,15-,18?/m0/s1. The van der Waals surface area contributed by atoms with Crippen LogP contribution in [0.2, 0.25) is 0 Å². The Balaban J connectivity index is 2.08. The number of carbonyl (C=O) groups is 2. The van der Waals surface area contributed by atoms with Gasteiger partial charge in [0, 0.05) is 13.5 Å². The highest BCUT2D eigenvalue weighted by molar-refractivity contribution is 5.81. The van der Waals surface area contributed by atoms with E-state index < -0.39 is 23.8 Å². The van der Waals surface area contributed by atoms with Crippen LogP contribution < -0.4 is 11.5 Å². The van der Waals surface area contributed by atoms with E-state index >= 15 is 0 Å². The highest BCUT2D eigenvalue weighted by Crippen LogP contribution is 2.30. The molecule has 0 saturated carbocycles. The Morgan fingerprint density at radius 3 is 2.71 bits per heavy atom. The molecule has 0 heterocycles. The van der Waals surface area contributed by atoms with Crippen molar-refractivity contribution >= 4 is 18.0 Å². The normalized spacial score (nSPS) is 21.7. The van der Waals surface area contributed by atoms with Crippen molar-refractivity contribution in [3.05, 3.63) is 41.0 Å². The van der Waals surface area contributed by atoms with Crippen LogP contribution in [0.5, 0.6) is 0 Å². The minimum atomic E-state index is -0.987. The molecule has 0 aliphatic heterocycles. The fraction of sp³-hybridized carbons (Fsp3) is 0.444. The number of ether oxygens (including phenoxy) is 2. The first-order valence-corrected chi connectivity index (χ1v) is 7.84. The molecule has 0 radical (unpaired) electrons. The van der Waals surface area contributed by atoms with Gasteiger partial charge in [-0.2, -0.15) is 0 Å². The molecule has 2 rings (SSSR count). The Labute approximate surface area is 141 Å². The average Bonchev–Trinajstić information content (AvgIpc) is 2.58. The minimum Gasteiger partial charge on any atom is -0.463 e.